The van der Waals surface area contributed by atoms with Gasteiger partial charge in [0, 0.05) is 18.7 Å². The van der Waals surface area contributed by atoms with Gasteiger partial charge < -0.3 is 10.2 Å². The van der Waals surface area contributed by atoms with Crippen molar-refractivity contribution in [1.82, 2.24) is 4.90 Å². The number of benzene rings is 2. The van der Waals surface area contributed by atoms with Gasteiger partial charge in [-0.15, -0.1) is 0 Å². The zero-order valence-corrected chi connectivity index (χ0v) is 12.8. The molecular formula is C19H22N2O. The highest BCUT2D eigenvalue weighted by atomic mass is 16.1. The third kappa shape index (κ3) is 2.73. The molecule has 0 saturated carbocycles. The van der Waals surface area contributed by atoms with Crippen molar-refractivity contribution in [2.24, 2.45) is 11.8 Å². The van der Waals surface area contributed by atoms with E-state index in [9.17, 15) is 4.79 Å². The number of hydrogen-bond donors (Lipinski definition) is 1. The van der Waals surface area contributed by atoms with Crippen LogP contribution in [0.1, 0.15) is 19.3 Å². The molecule has 0 radical (unpaired) electrons. The monoisotopic (exact) mass is 294 g/mol. The van der Waals surface area contributed by atoms with Crippen molar-refractivity contribution < 1.29 is 4.79 Å². The summed E-state index contributed by atoms with van der Waals surface area (Å²) in [4.78, 5) is 14.9. The third-order valence-corrected chi connectivity index (χ3v) is 5.27. The summed E-state index contributed by atoms with van der Waals surface area (Å²) in [5, 5.41) is 5.46. The fourth-order valence-corrected chi connectivity index (χ4v) is 4.04. The number of amides is 1. The molecule has 1 unspecified atom stereocenters. The first-order valence-electron chi connectivity index (χ1n) is 8.29. The molecule has 2 aromatic rings. The van der Waals surface area contributed by atoms with Crippen LogP contribution < -0.4 is 5.32 Å². The van der Waals surface area contributed by atoms with Gasteiger partial charge in [0.2, 0.25) is 5.91 Å². The molecule has 3 heterocycles. The van der Waals surface area contributed by atoms with E-state index in [0.717, 1.165) is 18.2 Å². The summed E-state index contributed by atoms with van der Waals surface area (Å²) in [6.07, 6.45) is 3.20. The van der Waals surface area contributed by atoms with Crippen LogP contribution in [-0.4, -0.2) is 30.4 Å². The third-order valence-electron chi connectivity index (χ3n) is 5.27. The van der Waals surface area contributed by atoms with E-state index in [-0.39, 0.29) is 5.91 Å². The molecular weight excluding hydrogens is 272 g/mol. The van der Waals surface area contributed by atoms with Gasteiger partial charge in [-0.2, -0.15) is 0 Å². The highest BCUT2D eigenvalue weighted by Gasteiger charge is 2.34. The second-order valence-corrected chi connectivity index (χ2v) is 6.71. The first-order valence-corrected chi connectivity index (χ1v) is 8.29. The van der Waals surface area contributed by atoms with E-state index in [1.165, 1.54) is 36.7 Å². The number of piperidine rings is 3. The molecule has 3 nitrogen and oxygen atoms in total. The molecule has 0 spiro atoms. The number of nitrogens with zero attached hydrogens (tertiary/aromatic N) is 1. The highest BCUT2D eigenvalue weighted by Crippen LogP contribution is 2.34. The lowest BCUT2D eigenvalue weighted by Gasteiger charge is -2.44. The first kappa shape index (κ1) is 13.8. The molecule has 1 amide bonds. The van der Waals surface area contributed by atoms with Crippen molar-refractivity contribution >= 4 is 22.4 Å². The second kappa shape index (κ2) is 5.73. The average molecular weight is 294 g/mol. The molecule has 22 heavy (non-hydrogen) atoms. The Morgan fingerprint density at radius 1 is 1.09 bits per heavy atom. The van der Waals surface area contributed by atoms with Crippen LogP contribution in [-0.2, 0) is 4.79 Å². The van der Waals surface area contributed by atoms with Gasteiger partial charge in [-0.3, -0.25) is 4.79 Å². The number of fused-ring (bicyclic) bond motifs is 4. The maximum absolute atomic E-state index is 12.4. The molecule has 3 fully saturated rings. The van der Waals surface area contributed by atoms with E-state index in [4.69, 9.17) is 0 Å². The summed E-state index contributed by atoms with van der Waals surface area (Å²) in [7, 11) is 0. The molecule has 1 N–H and O–H groups in total. The van der Waals surface area contributed by atoms with Crippen molar-refractivity contribution in [2.45, 2.75) is 19.3 Å². The summed E-state index contributed by atoms with van der Waals surface area (Å²) >= 11 is 0. The lowest BCUT2D eigenvalue weighted by atomic mass is 9.77. The van der Waals surface area contributed by atoms with Crippen molar-refractivity contribution in [3.63, 3.8) is 0 Å². The molecule has 1 atom stereocenters. The number of nitrogens with one attached hydrogen (secondary N) is 1. The van der Waals surface area contributed by atoms with Crippen molar-refractivity contribution in [1.29, 1.82) is 0 Å². The van der Waals surface area contributed by atoms with Crippen LogP contribution in [0.5, 0.6) is 0 Å². The zero-order valence-electron chi connectivity index (χ0n) is 12.8. The molecule has 5 rings (SSSR count). The van der Waals surface area contributed by atoms with E-state index in [2.05, 4.69) is 34.5 Å². The smallest absolute Gasteiger partial charge is 0.224 e. The Hall–Kier alpha value is -1.87. The van der Waals surface area contributed by atoms with E-state index in [1.807, 2.05) is 18.2 Å². The van der Waals surface area contributed by atoms with Crippen LogP contribution in [0.15, 0.2) is 42.5 Å². The molecule has 3 heteroatoms. The molecule has 114 valence electrons. The Balaban J connectivity index is 1.42. The molecule has 0 aliphatic carbocycles. The van der Waals surface area contributed by atoms with Gasteiger partial charge >= 0.3 is 0 Å². The standard InChI is InChI=1S/C19H22N2O/c22-19(12-17-13-21-9-7-15(17)8-10-21)20-18-6-5-14-3-1-2-4-16(14)11-18/h1-6,11,15,17H,7-10,12-13H2,(H,20,22). The number of carbonyl (C=O) groups is 1. The number of carbonyl (C=O) groups excluding carboxylic acids is 1. The van der Waals surface area contributed by atoms with E-state index in [0.29, 0.717) is 12.3 Å². The van der Waals surface area contributed by atoms with Crippen LogP contribution >= 0.6 is 0 Å². The maximum atomic E-state index is 12.4. The van der Waals surface area contributed by atoms with Crippen LogP contribution in [0.25, 0.3) is 10.8 Å². The van der Waals surface area contributed by atoms with Crippen LogP contribution in [0.3, 0.4) is 0 Å². The van der Waals surface area contributed by atoms with Crippen molar-refractivity contribution in [3.05, 3.63) is 42.5 Å². The predicted molar refractivity (Wildman–Crippen MR) is 89.8 cm³/mol. The normalized spacial score (nSPS) is 27.0. The van der Waals surface area contributed by atoms with Gasteiger partial charge in [0.1, 0.15) is 0 Å². The predicted octanol–water partition coefficient (Wildman–Crippen LogP) is 3.51. The van der Waals surface area contributed by atoms with Gasteiger partial charge in [0.05, 0.1) is 0 Å². The summed E-state index contributed by atoms with van der Waals surface area (Å²) in [6, 6.07) is 14.4. The minimum Gasteiger partial charge on any atom is -0.326 e. The maximum Gasteiger partial charge on any atom is 0.224 e. The quantitative estimate of drug-likeness (QED) is 0.939. The zero-order chi connectivity index (χ0) is 14.9. The topological polar surface area (TPSA) is 32.3 Å². The largest absolute Gasteiger partial charge is 0.326 e. The van der Waals surface area contributed by atoms with Gasteiger partial charge in [-0.1, -0.05) is 30.3 Å². The van der Waals surface area contributed by atoms with Crippen molar-refractivity contribution in [3.8, 4) is 0 Å². The van der Waals surface area contributed by atoms with Crippen LogP contribution in [0, 0.1) is 11.8 Å². The van der Waals surface area contributed by atoms with E-state index >= 15 is 0 Å². The number of rotatable bonds is 3. The van der Waals surface area contributed by atoms with Gasteiger partial charge in [0.25, 0.3) is 0 Å². The molecule has 3 aliphatic rings. The summed E-state index contributed by atoms with van der Waals surface area (Å²) in [6.45, 7) is 3.57. The summed E-state index contributed by atoms with van der Waals surface area (Å²) in [5.41, 5.74) is 0.907. The van der Waals surface area contributed by atoms with E-state index < -0.39 is 0 Å². The Kier molecular flexibility index (Phi) is 3.59. The van der Waals surface area contributed by atoms with Gasteiger partial charge in [0.15, 0.2) is 0 Å². The second-order valence-electron chi connectivity index (χ2n) is 6.71. The minimum absolute atomic E-state index is 0.161. The Morgan fingerprint density at radius 2 is 1.86 bits per heavy atom. The first-order chi connectivity index (χ1) is 10.8. The fourth-order valence-electron chi connectivity index (χ4n) is 4.04. The number of hydrogen-bond acceptors (Lipinski definition) is 2. The Labute approximate surface area is 131 Å². The average Bonchev–Trinajstić information content (AvgIpc) is 2.56. The van der Waals surface area contributed by atoms with Crippen LogP contribution in [0.4, 0.5) is 5.69 Å². The van der Waals surface area contributed by atoms with Gasteiger partial charge in [-0.25, -0.2) is 0 Å². The Morgan fingerprint density at radius 3 is 2.59 bits per heavy atom. The lowest BCUT2D eigenvalue weighted by molar-refractivity contribution is -0.118. The summed E-state index contributed by atoms with van der Waals surface area (Å²) in [5.74, 6) is 1.46. The van der Waals surface area contributed by atoms with Crippen molar-refractivity contribution in [2.75, 3.05) is 25.0 Å². The number of anilines is 1. The van der Waals surface area contributed by atoms with Crippen LogP contribution in [0.2, 0.25) is 0 Å². The highest BCUT2D eigenvalue weighted by molar-refractivity contribution is 5.94. The SMILES string of the molecule is O=C(CC1CN2CCC1CC2)Nc1ccc2ccccc2c1. The molecule has 2 bridgehead atoms. The molecule has 0 aromatic heterocycles. The minimum atomic E-state index is 0.161. The summed E-state index contributed by atoms with van der Waals surface area (Å²) < 4.78 is 0. The van der Waals surface area contributed by atoms with E-state index in [1.54, 1.807) is 0 Å². The Bertz CT molecular complexity index is 689. The fraction of sp³-hybridized carbons (Fsp3) is 0.421. The van der Waals surface area contributed by atoms with Gasteiger partial charge in [-0.05, 0) is 60.7 Å². The molecule has 2 aromatic carbocycles. The lowest BCUT2D eigenvalue weighted by Crippen LogP contribution is -2.48. The molecule has 3 saturated heterocycles. The molecule has 3 aliphatic heterocycles.